The zero-order valence-corrected chi connectivity index (χ0v) is 14.2. The number of hydrogen-bond donors (Lipinski definition) is 2. The third kappa shape index (κ3) is 3.69. The van der Waals surface area contributed by atoms with Crippen molar-refractivity contribution in [3.63, 3.8) is 0 Å². The Bertz CT molecular complexity index is 469. The second-order valence-corrected chi connectivity index (χ2v) is 7.41. The van der Waals surface area contributed by atoms with Crippen LogP contribution in [0.15, 0.2) is 18.3 Å². The third-order valence-electron chi connectivity index (χ3n) is 5.85. The molecule has 0 unspecified atom stereocenters. The van der Waals surface area contributed by atoms with E-state index in [4.69, 9.17) is 0 Å². The lowest BCUT2D eigenvalue weighted by atomic mass is 9.67. The van der Waals surface area contributed by atoms with Crippen molar-refractivity contribution >= 4 is 0 Å². The summed E-state index contributed by atoms with van der Waals surface area (Å²) >= 11 is 0. The number of nitrogens with one attached hydrogen (secondary N) is 2. The molecule has 1 atom stereocenters. The summed E-state index contributed by atoms with van der Waals surface area (Å²) in [7, 11) is 0. The highest BCUT2D eigenvalue weighted by atomic mass is 15.0. The largest absolute Gasteiger partial charge is 0.317 e. The maximum absolute atomic E-state index is 4.59. The molecule has 2 fully saturated rings. The minimum atomic E-state index is 0.409. The van der Waals surface area contributed by atoms with Crippen molar-refractivity contribution in [2.24, 2.45) is 5.41 Å². The van der Waals surface area contributed by atoms with Gasteiger partial charge in [0, 0.05) is 18.3 Å². The number of nitrogens with zero attached hydrogens (tertiary/aromatic N) is 1. The first-order chi connectivity index (χ1) is 10.7. The van der Waals surface area contributed by atoms with Crippen LogP contribution in [0.3, 0.4) is 0 Å². The molecule has 2 N–H and O–H groups in total. The molecule has 1 aromatic rings. The van der Waals surface area contributed by atoms with E-state index in [0.29, 0.717) is 17.5 Å². The molecule has 1 spiro atoms. The maximum atomic E-state index is 4.59. The van der Waals surface area contributed by atoms with Crippen molar-refractivity contribution in [1.29, 1.82) is 0 Å². The van der Waals surface area contributed by atoms with E-state index in [1.165, 1.54) is 62.9 Å². The SMILES string of the molecule is CC[C@H](NC1CCC2(CCNCC2)CC1)c1cc(C)ccn1. The minimum Gasteiger partial charge on any atom is -0.317 e. The van der Waals surface area contributed by atoms with Gasteiger partial charge in [-0.25, -0.2) is 0 Å². The summed E-state index contributed by atoms with van der Waals surface area (Å²) < 4.78 is 0. The molecule has 3 nitrogen and oxygen atoms in total. The fourth-order valence-electron chi connectivity index (χ4n) is 4.30. The van der Waals surface area contributed by atoms with Gasteiger partial charge < -0.3 is 10.6 Å². The van der Waals surface area contributed by atoms with Crippen LogP contribution in [0.1, 0.15) is 69.2 Å². The van der Waals surface area contributed by atoms with E-state index in [2.05, 4.69) is 41.6 Å². The molecule has 0 bridgehead atoms. The molecule has 122 valence electrons. The lowest BCUT2D eigenvalue weighted by molar-refractivity contribution is 0.112. The summed E-state index contributed by atoms with van der Waals surface area (Å²) in [4.78, 5) is 4.59. The first-order valence-electron chi connectivity index (χ1n) is 9.10. The number of rotatable bonds is 4. The molecule has 0 amide bonds. The average Bonchev–Trinajstić information content (AvgIpc) is 2.55. The first kappa shape index (κ1) is 15.9. The van der Waals surface area contributed by atoms with Gasteiger partial charge in [-0.05, 0) is 88.1 Å². The lowest BCUT2D eigenvalue weighted by Gasteiger charge is -2.44. The molecule has 1 aliphatic carbocycles. The van der Waals surface area contributed by atoms with Gasteiger partial charge in [-0.1, -0.05) is 6.92 Å². The van der Waals surface area contributed by atoms with Crippen LogP contribution in [-0.4, -0.2) is 24.1 Å². The predicted octanol–water partition coefficient (Wildman–Crippen LogP) is 3.74. The molecule has 22 heavy (non-hydrogen) atoms. The van der Waals surface area contributed by atoms with Crippen LogP contribution in [0.25, 0.3) is 0 Å². The van der Waals surface area contributed by atoms with Crippen molar-refractivity contribution in [3.05, 3.63) is 29.6 Å². The van der Waals surface area contributed by atoms with Crippen LogP contribution in [0.2, 0.25) is 0 Å². The van der Waals surface area contributed by atoms with Crippen molar-refractivity contribution in [2.45, 2.75) is 70.9 Å². The van der Waals surface area contributed by atoms with Crippen molar-refractivity contribution < 1.29 is 0 Å². The van der Waals surface area contributed by atoms with Gasteiger partial charge in [0.05, 0.1) is 5.69 Å². The summed E-state index contributed by atoms with van der Waals surface area (Å²) in [6.45, 7) is 6.87. The minimum absolute atomic E-state index is 0.409. The van der Waals surface area contributed by atoms with E-state index in [0.717, 1.165) is 6.42 Å². The van der Waals surface area contributed by atoms with Crippen LogP contribution < -0.4 is 10.6 Å². The first-order valence-corrected chi connectivity index (χ1v) is 9.10. The normalized spacial score (nSPS) is 23.5. The van der Waals surface area contributed by atoms with E-state index >= 15 is 0 Å². The Morgan fingerprint density at radius 1 is 1.27 bits per heavy atom. The van der Waals surface area contributed by atoms with E-state index in [1.807, 2.05) is 6.20 Å². The molecule has 1 saturated heterocycles. The van der Waals surface area contributed by atoms with E-state index < -0.39 is 0 Å². The number of pyridine rings is 1. The van der Waals surface area contributed by atoms with Crippen LogP contribution in [0, 0.1) is 12.3 Å². The van der Waals surface area contributed by atoms with Gasteiger partial charge in [0.15, 0.2) is 0 Å². The van der Waals surface area contributed by atoms with Crippen LogP contribution in [0.4, 0.5) is 0 Å². The monoisotopic (exact) mass is 301 g/mol. The van der Waals surface area contributed by atoms with E-state index in [1.54, 1.807) is 0 Å². The second-order valence-electron chi connectivity index (χ2n) is 7.41. The summed E-state index contributed by atoms with van der Waals surface area (Å²) in [6.07, 6.45) is 11.3. The molecule has 0 aromatic carbocycles. The summed E-state index contributed by atoms with van der Waals surface area (Å²) in [5, 5.41) is 7.40. The standard InChI is InChI=1S/C19H31N3/c1-3-17(18-14-15(2)6-11-21-18)22-16-4-7-19(8-5-16)9-12-20-13-10-19/h6,11,14,16-17,20,22H,3-5,7-10,12-13H2,1-2H3/t17-/m0/s1. The molecule has 2 heterocycles. The van der Waals surface area contributed by atoms with Gasteiger partial charge in [0.25, 0.3) is 0 Å². The average molecular weight is 301 g/mol. The topological polar surface area (TPSA) is 37.0 Å². The highest BCUT2D eigenvalue weighted by Gasteiger charge is 2.36. The maximum Gasteiger partial charge on any atom is 0.0575 e. The Morgan fingerprint density at radius 2 is 2.00 bits per heavy atom. The Morgan fingerprint density at radius 3 is 2.64 bits per heavy atom. The highest BCUT2D eigenvalue weighted by Crippen LogP contribution is 2.43. The van der Waals surface area contributed by atoms with Crippen LogP contribution >= 0.6 is 0 Å². The van der Waals surface area contributed by atoms with Crippen LogP contribution in [-0.2, 0) is 0 Å². The molecule has 1 aromatic heterocycles. The molecule has 0 radical (unpaired) electrons. The fraction of sp³-hybridized carbons (Fsp3) is 0.737. The number of aromatic nitrogens is 1. The summed E-state index contributed by atoms with van der Waals surface area (Å²) in [5.41, 5.74) is 3.18. The second kappa shape index (κ2) is 7.10. The highest BCUT2D eigenvalue weighted by molar-refractivity contribution is 5.17. The number of piperidine rings is 1. The van der Waals surface area contributed by atoms with Gasteiger partial charge >= 0.3 is 0 Å². The smallest absolute Gasteiger partial charge is 0.0575 e. The van der Waals surface area contributed by atoms with Crippen molar-refractivity contribution in [1.82, 2.24) is 15.6 Å². The van der Waals surface area contributed by atoms with E-state index in [-0.39, 0.29) is 0 Å². The molecule has 3 rings (SSSR count). The zero-order chi connectivity index (χ0) is 15.4. The summed E-state index contributed by atoms with van der Waals surface area (Å²) in [6, 6.07) is 5.40. The molecule has 1 aliphatic heterocycles. The van der Waals surface area contributed by atoms with Gasteiger partial charge in [-0.2, -0.15) is 0 Å². The quantitative estimate of drug-likeness (QED) is 0.889. The summed E-state index contributed by atoms with van der Waals surface area (Å²) in [5.74, 6) is 0. The number of aryl methyl sites for hydroxylation is 1. The third-order valence-corrected chi connectivity index (χ3v) is 5.85. The molecule has 1 saturated carbocycles. The lowest BCUT2D eigenvalue weighted by Crippen LogP contribution is -2.43. The Balaban J connectivity index is 1.57. The van der Waals surface area contributed by atoms with Gasteiger partial charge in [0.2, 0.25) is 0 Å². The van der Waals surface area contributed by atoms with Crippen LogP contribution in [0.5, 0.6) is 0 Å². The van der Waals surface area contributed by atoms with Crippen molar-refractivity contribution in [2.75, 3.05) is 13.1 Å². The van der Waals surface area contributed by atoms with Gasteiger partial charge in [0.1, 0.15) is 0 Å². The Labute approximate surface area is 135 Å². The van der Waals surface area contributed by atoms with Crippen molar-refractivity contribution in [3.8, 4) is 0 Å². The Kier molecular flexibility index (Phi) is 5.14. The molecular formula is C19H31N3. The van der Waals surface area contributed by atoms with Gasteiger partial charge in [-0.15, -0.1) is 0 Å². The zero-order valence-electron chi connectivity index (χ0n) is 14.2. The molecular weight excluding hydrogens is 270 g/mol. The fourth-order valence-corrected chi connectivity index (χ4v) is 4.30. The molecule has 2 aliphatic rings. The number of hydrogen-bond acceptors (Lipinski definition) is 3. The van der Waals surface area contributed by atoms with Gasteiger partial charge in [-0.3, -0.25) is 4.98 Å². The predicted molar refractivity (Wildman–Crippen MR) is 91.9 cm³/mol. The Hall–Kier alpha value is -0.930. The molecule has 3 heteroatoms. The van der Waals surface area contributed by atoms with E-state index in [9.17, 15) is 0 Å².